The highest BCUT2D eigenvalue weighted by molar-refractivity contribution is 5.31. The van der Waals surface area contributed by atoms with Crippen molar-refractivity contribution < 1.29 is 9.47 Å². The fourth-order valence-corrected chi connectivity index (χ4v) is 2.53. The van der Waals surface area contributed by atoms with E-state index in [0.29, 0.717) is 0 Å². The lowest BCUT2D eigenvalue weighted by Crippen LogP contribution is -2.28. The van der Waals surface area contributed by atoms with Crippen LogP contribution in [0.2, 0.25) is 0 Å². The summed E-state index contributed by atoms with van der Waals surface area (Å²) < 4.78 is 11.4. The van der Waals surface area contributed by atoms with Crippen LogP contribution in [0.25, 0.3) is 0 Å². The van der Waals surface area contributed by atoms with Crippen molar-refractivity contribution in [2.75, 3.05) is 32.9 Å². The molecule has 3 nitrogen and oxygen atoms in total. The molecular weight excluding hydrogens is 250 g/mol. The minimum atomic E-state index is 0.209. The Morgan fingerprint density at radius 1 is 1.25 bits per heavy atom. The highest BCUT2D eigenvalue weighted by atomic mass is 16.5. The van der Waals surface area contributed by atoms with Gasteiger partial charge in [-0.1, -0.05) is 37.6 Å². The minimum absolute atomic E-state index is 0.209. The van der Waals surface area contributed by atoms with Crippen molar-refractivity contribution in [1.82, 2.24) is 5.32 Å². The summed E-state index contributed by atoms with van der Waals surface area (Å²) in [4.78, 5) is 0. The van der Waals surface area contributed by atoms with Crippen LogP contribution in [0.5, 0.6) is 0 Å². The lowest BCUT2D eigenvalue weighted by molar-refractivity contribution is 0.0420. The first-order valence-corrected chi connectivity index (χ1v) is 7.89. The third-order valence-electron chi connectivity index (χ3n) is 3.71. The summed E-state index contributed by atoms with van der Waals surface area (Å²) >= 11 is 0. The molecule has 20 heavy (non-hydrogen) atoms. The summed E-state index contributed by atoms with van der Waals surface area (Å²) in [5.74, 6) is 0. The van der Waals surface area contributed by atoms with Gasteiger partial charge in [0.05, 0.1) is 12.7 Å². The number of fused-ring (bicyclic) bond motifs is 1. The molecule has 0 aliphatic carbocycles. The third-order valence-corrected chi connectivity index (χ3v) is 3.71. The monoisotopic (exact) mass is 277 g/mol. The van der Waals surface area contributed by atoms with E-state index < -0.39 is 0 Å². The standard InChI is InChI=1S/C17H27NO2/c1-2-3-11-19-12-6-10-18-14-17-16-8-5-4-7-15(16)9-13-20-17/h4-5,7-8,17-18H,2-3,6,9-14H2,1H3. The van der Waals surface area contributed by atoms with Gasteiger partial charge in [-0.15, -0.1) is 0 Å². The number of benzene rings is 1. The van der Waals surface area contributed by atoms with E-state index in [1.807, 2.05) is 0 Å². The van der Waals surface area contributed by atoms with Crippen molar-refractivity contribution in [2.24, 2.45) is 0 Å². The van der Waals surface area contributed by atoms with E-state index in [2.05, 4.69) is 36.5 Å². The van der Waals surface area contributed by atoms with E-state index in [4.69, 9.17) is 9.47 Å². The summed E-state index contributed by atoms with van der Waals surface area (Å²) in [6, 6.07) is 8.62. The Labute approximate surface area is 122 Å². The van der Waals surface area contributed by atoms with E-state index in [9.17, 15) is 0 Å². The van der Waals surface area contributed by atoms with Gasteiger partial charge in [0.15, 0.2) is 0 Å². The van der Waals surface area contributed by atoms with Crippen LogP contribution < -0.4 is 5.32 Å². The second-order valence-electron chi connectivity index (χ2n) is 5.33. The Hall–Kier alpha value is -0.900. The van der Waals surface area contributed by atoms with Crippen molar-refractivity contribution in [2.45, 2.75) is 38.7 Å². The third kappa shape index (κ3) is 4.89. The van der Waals surface area contributed by atoms with Crippen LogP contribution in [-0.4, -0.2) is 32.9 Å². The molecule has 0 bridgehead atoms. The quantitative estimate of drug-likeness (QED) is 0.704. The molecule has 0 fully saturated rings. The molecule has 0 amide bonds. The molecule has 1 atom stereocenters. The zero-order valence-corrected chi connectivity index (χ0v) is 12.6. The fraction of sp³-hybridized carbons (Fsp3) is 0.647. The Kier molecular flexibility index (Phi) is 7.06. The fourth-order valence-electron chi connectivity index (χ4n) is 2.53. The van der Waals surface area contributed by atoms with Crippen molar-refractivity contribution >= 4 is 0 Å². The zero-order chi connectivity index (χ0) is 14.0. The van der Waals surface area contributed by atoms with Gasteiger partial charge in [-0.05, 0) is 36.9 Å². The van der Waals surface area contributed by atoms with Crippen molar-refractivity contribution in [3.63, 3.8) is 0 Å². The smallest absolute Gasteiger partial charge is 0.0952 e. The van der Waals surface area contributed by atoms with Crippen LogP contribution in [0.1, 0.15) is 43.4 Å². The predicted molar refractivity (Wildman–Crippen MR) is 82.1 cm³/mol. The molecule has 1 heterocycles. The maximum atomic E-state index is 5.87. The first-order valence-electron chi connectivity index (χ1n) is 7.89. The predicted octanol–water partition coefficient (Wildman–Crippen LogP) is 3.10. The second-order valence-corrected chi connectivity index (χ2v) is 5.33. The molecule has 0 aromatic heterocycles. The lowest BCUT2D eigenvalue weighted by Gasteiger charge is -2.26. The first-order chi connectivity index (χ1) is 9.92. The molecule has 0 radical (unpaired) electrons. The average Bonchev–Trinajstić information content (AvgIpc) is 2.50. The van der Waals surface area contributed by atoms with Gasteiger partial charge in [-0.2, -0.15) is 0 Å². The van der Waals surface area contributed by atoms with E-state index in [1.165, 1.54) is 24.0 Å². The first kappa shape index (κ1) is 15.5. The van der Waals surface area contributed by atoms with Gasteiger partial charge in [0, 0.05) is 19.8 Å². The number of rotatable bonds is 9. The number of ether oxygens (including phenoxy) is 2. The topological polar surface area (TPSA) is 30.5 Å². The Bertz CT molecular complexity index is 381. The summed E-state index contributed by atoms with van der Waals surface area (Å²) in [7, 11) is 0. The molecule has 1 aromatic rings. The molecule has 1 unspecified atom stereocenters. The van der Waals surface area contributed by atoms with Crippen LogP contribution in [0.4, 0.5) is 0 Å². The van der Waals surface area contributed by atoms with Crippen LogP contribution in [0.3, 0.4) is 0 Å². The zero-order valence-electron chi connectivity index (χ0n) is 12.6. The number of hydrogen-bond acceptors (Lipinski definition) is 3. The molecule has 1 aromatic carbocycles. The van der Waals surface area contributed by atoms with Crippen LogP contribution in [0, 0.1) is 0 Å². The van der Waals surface area contributed by atoms with Gasteiger partial charge in [0.2, 0.25) is 0 Å². The number of hydrogen-bond donors (Lipinski definition) is 1. The molecule has 112 valence electrons. The van der Waals surface area contributed by atoms with Gasteiger partial charge in [-0.3, -0.25) is 0 Å². The Morgan fingerprint density at radius 3 is 3.00 bits per heavy atom. The maximum Gasteiger partial charge on any atom is 0.0952 e. The molecule has 1 aliphatic heterocycles. The largest absolute Gasteiger partial charge is 0.381 e. The van der Waals surface area contributed by atoms with Crippen LogP contribution in [-0.2, 0) is 15.9 Å². The van der Waals surface area contributed by atoms with Gasteiger partial charge in [0.1, 0.15) is 0 Å². The van der Waals surface area contributed by atoms with E-state index >= 15 is 0 Å². The van der Waals surface area contributed by atoms with E-state index in [-0.39, 0.29) is 6.10 Å². The van der Waals surface area contributed by atoms with Gasteiger partial charge in [-0.25, -0.2) is 0 Å². The van der Waals surface area contributed by atoms with E-state index in [0.717, 1.165) is 45.8 Å². The highest BCUT2D eigenvalue weighted by Crippen LogP contribution is 2.25. The number of nitrogens with one attached hydrogen (secondary N) is 1. The van der Waals surface area contributed by atoms with Crippen LogP contribution in [0.15, 0.2) is 24.3 Å². The molecule has 3 heteroatoms. The summed E-state index contributed by atoms with van der Waals surface area (Å²) in [6.45, 7) is 6.67. The minimum Gasteiger partial charge on any atom is -0.381 e. The summed E-state index contributed by atoms with van der Waals surface area (Å²) in [5, 5.41) is 3.48. The molecule has 1 N–H and O–H groups in total. The van der Waals surface area contributed by atoms with E-state index in [1.54, 1.807) is 0 Å². The lowest BCUT2D eigenvalue weighted by atomic mass is 9.97. The van der Waals surface area contributed by atoms with Crippen molar-refractivity contribution in [3.8, 4) is 0 Å². The number of unbranched alkanes of at least 4 members (excludes halogenated alkanes) is 1. The van der Waals surface area contributed by atoms with Crippen molar-refractivity contribution in [1.29, 1.82) is 0 Å². The SMILES string of the molecule is CCCCOCCCNCC1OCCc2ccccc21. The molecule has 0 spiro atoms. The molecular formula is C17H27NO2. The maximum absolute atomic E-state index is 5.87. The normalized spacial score (nSPS) is 17.9. The van der Waals surface area contributed by atoms with Gasteiger partial charge >= 0.3 is 0 Å². The van der Waals surface area contributed by atoms with Crippen molar-refractivity contribution in [3.05, 3.63) is 35.4 Å². The summed E-state index contributed by atoms with van der Waals surface area (Å²) in [5.41, 5.74) is 2.79. The van der Waals surface area contributed by atoms with Gasteiger partial charge in [0.25, 0.3) is 0 Å². The molecule has 0 saturated heterocycles. The van der Waals surface area contributed by atoms with Crippen LogP contribution >= 0.6 is 0 Å². The summed E-state index contributed by atoms with van der Waals surface area (Å²) in [6.07, 6.45) is 4.69. The molecule has 2 rings (SSSR count). The average molecular weight is 277 g/mol. The van der Waals surface area contributed by atoms with Gasteiger partial charge < -0.3 is 14.8 Å². The molecule has 0 saturated carbocycles. The Morgan fingerprint density at radius 2 is 2.10 bits per heavy atom. The Balaban J connectivity index is 1.61. The highest BCUT2D eigenvalue weighted by Gasteiger charge is 2.19. The molecule has 1 aliphatic rings. The second kappa shape index (κ2) is 9.11.